The van der Waals surface area contributed by atoms with Crippen LogP contribution in [-0.4, -0.2) is 111 Å². The average molecular weight is 920 g/mol. The summed E-state index contributed by atoms with van der Waals surface area (Å²) in [5, 5.41) is 40.8. The average Bonchev–Trinajstić information content (AvgIpc) is 3.24. The van der Waals surface area contributed by atoms with Gasteiger partial charge in [-0.05, 0) is 69.9 Å². The van der Waals surface area contributed by atoms with E-state index in [0.29, 0.717) is 12.0 Å². The van der Waals surface area contributed by atoms with Crippen molar-refractivity contribution in [2.45, 2.75) is 167 Å². The topological polar surface area (TPSA) is 231 Å². The molecule has 3 aliphatic carbocycles. The van der Waals surface area contributed by atoms with Crippen molar-refractivity contribution in [2.75, 3.05) is 6.61 Å². The maximum atomic E-state index is 15.2. The number of aliphatic hydroxyl groups is 3. The van der Waals surface area contributed by atoms with E-state index < -0.39 is 118 Å². The number of esters is 4. The van der Waals surface area contributed by atoms with Crippen molar-refractivity contribution in [3.63, 3.8) is 0 Å². The zero-order valence-corrected chi connectivity index (χ0v) is 39.3. The fourth-order valence-corrected chi connectivity index (χ4v) is 10.6. The van der Waals surface area contributed by atoms with Crippen LogP contribution in [0.1, 0.15) is 129 Å². The molecule has 16 nitrogen and oxygen atoms in total. The van der Waals surface area contributed by atoms with Gasteiger partial charge in [-0.15, -0.1) is 0 Å². The minimum atomic E-state index is -2.39. The number of rotatable bonds is 14. The lowest BCUT2D eigenvalue weighted by atomic mass is 9.44. The molecule has 11 atom stereocenters. The summed E-state index contributed by atoms with van der Waals surface area (Å²) in [7, 11) is 0. The molecule has 360 valence electrons. The Labute approximate surface area is 385 Å². The lowest BCUT2D eigenvalue weighted by molar-refractivity contribution is -0.346. The molecule has 2 saturated carbocycles. The van der Waals surface area contributed by atoms with Crippen molar-refractivity contribution in [1.82, 2.24) is 5.32 Å². The molecule has 1 amide bonds. The van der Waals surface area contributed by atoms with Crippen LogP contribution >= 0.6 is 0 Å². The largest absolute Gasteiger partial charge is 0.455 e. The highest BCUT2D eigenvalue weighted by Crippen LogP contribution is 2.64. The second kappa shape index (κ2) is 19.2. The van der Waals surface area contributed by atoms with E-state index in [1.807, 2.05) is 6.92 Å². The molecule has 1 aliphatic heterocycles. The van der Waals surface area contributed by atoms with E-state index in [-0.39, 0.29) is 36.2 Å². The molecule has 2 aromatic carbocycles. The van der Waals surface area contributed by atoms with Crippen molar-refractivity contribution in [1.29, 1.82) is 0 Å². The van der Waals surface area contributed by atoms with Gasteiger partial charge < -0.3 is 49.1 Å². The van der Waals surface area contributed by atoms with Crippen LogP contribution in [0.25, 0.3) is 0 Å². The number of Topliss-reactive ketones (excluding diaryl/α,β-unsaturated/α-hetero) is 1. The molecule has 1 saturated heterocycles. The van der Waals surface area contributed by atoms with Crippen LogP contribution in [0.15, 0.2) is 71.8 Å². The first kappa shape index (κ1) is 50.3. The minimum Gasteiger partial charge on any atom is -0.455 e. The highest BCUT2D eigenvalue weighted by Gasteiger charge is 2.78. The molecule has 66 heavy (non-hydrogen) atoms. The fraction of sp³-hybridized carbons (Fsp3) is 0.600. The number of ketones is 1. The van der Waals surface area contributed by atoms with Gasteiger partial charge in [-0.3, -0.25) is 14.4 Å². The number of unbranched alkanes of at least 4 members (excludes halogenated alkanes) is 3. The third-order valence-corrected chi connectivity index (χ3v) is 14.0. The SMILES string of the molecule is CCCCCCC(=O)O[C@H](C(=O)O[C@@H]1C[C@]2(O)[C@H](OC(=O)c3ccccc3)[C@H]3[C@@]4(OC(C)=O)CO[C@H]4C[C@@H](O)[C@]3(C)C(=O)[C@@H](O)C(=C1C)C2(C)C)[C@H](NC(=O)OC(C)(C)C)c1ccccc1. The second-order valence-corrected chi connectivity index (χ2v) is 19.9. The number of amides is 1. The number of ether oxygens (including phenoxy) is 6. The van der Waals surface area contributed by atoms with Crippen molar-refractivity contribution >= 4 is 35.8 Å². The normalized spacial score (nSPS) is 30.9. The smallest absolute Gasteiger partial charge is 0.408 e. The first-order valence-corrected chi connectivity index (χ1v) is 22.8. The third-order valence-electron chi connectivity index (χ3n) is 14.0. The Morgan fingerprint density at radius 1 is 0.924 bits per heavy atom. The Bertz CT molecular complexity index is 2180. The summed E-state index contributed by atoms with van der Waals surface area (Å²) in [4.78, 5) is 84.5. The van der Waals surface area contributed by atoms with Gasteiger partial charge in [-0.2, -0.15) is 0 Å². The molecule has 2 bridgehead atoms. The van der Waals surface area contributed by atoms with Gasteiger partial charge in [0.05, 0.1) is 29.6 Å². The van der Waals surface area contributed by atoms with E-state index in [2.05, 4.69) is 5.32 Å². The molecule has 1 heterocycles. The number of fused-ring (bicyclic) bond motifs is 5. The number of nitrogens with one attached hydrogen (secondary N) is 1. The van der Waals surface area contributed by atoms with E-state index in [1.54, 1.807) is 83.1 Å². The summed E-state index contributed by atoms with van der Waals surface area (Å²) in [6.07, 6.45) is -8.56. The standard InChI is InChI=1S/C50H65NO15/c1-10-11-12-19-24-35(54)63-39(37(30-20-15-13-16-21-30)51-45(59)66-46(4,5)6)44(58)62-32-26-50(60)42(64-43(57)31-22-17-14-18-23-31)40-48(9,41(56)38(55)36(28(32)2)47(50,7)8)33(53)25-34-49(40,27-61-34)65-29(3)52/h13-18,20-23,32-34,37-40,42,53,55,60H,10-12,19,24-27H2,1-9H3,(H,51,59)/t32-,33-,34+,37-,38+,39+,40-,42-,48+,49-,50+/m1/s1. The van der Waals surface area contributed by atoms with E-state index in [9.17, 15) is 39.3 Å². The van der Waals surface area contributed by atoms with Gasteiger partial charge in [0.15, 0.2) is 11.4 Å². The van der Waals surface area contributed by atoms with E-state index >= 15 is 4.79 Å². The number of hydrogen-bond donors (Lipinski definition) is 4. The van der Waals surface area contributed by atoms with Crippen LogP contribution in [0, 0.1) is 16.7 Å². The Morgan fingerprint density at radius 3 is 2.14 bits per heavy atom. The molecular weight excluding hydrogens is 855 g/mol. The quantitative estimate of drug-likeness (QED) is 0.0762. The highest BCUT2D eigenvalue weighted by molar-refractivity contribution is 5.94. The maximum absolute atomic E-state index is 15.2. The monoisotopic (exact) mass is 919 g/mol. The number of carbonyl (C=O) groups excluding carboxylic acids is 6. The minimum absolute atomic E-state index is 0.0538. The molecule has 6 rings (SSSR count). The number of hydrogen-bond acceptors (Lipinski definition) is 15. The highest BCUT2D eigenvalue weighted by atomic mass is 16.6. The number of benzene rings is 2. The zero-order valence-electron chi connectivity index (χ0n) is 39.3. The lowest BCUT2D eigenvalue weighted by Crippen LogP contribution is -2.81. The summed E-state index contributed by atoms with van der Waals surface area (Å²) < 4.78 is 36.1. The molecule has 0 radical (unpaired) electrons. The lowest BCUT2D eigenvalue weighted by Gasteiger charge is -2.67. The molecule has 0 spiro atoms. The van der Waals surface area contributed by atoms with Crippen LogP contribution in [-0.2, 0) is 47.6 Å². The van der Waals surface area contributed by atoms with E-state index in [1.165, 1.54) is 26.0 Å². The van der Waals surface area contributed by atoms with Crippen LogP contribution in [0.2, 0.25) is 0 Å². The maximum Gasteiger partial charge on any atom is 0.408 e. The number of aliphatic hydroxyl groups excluding tert-OH is 2. The second-order valence-electron chi connectivity index (χ2n) is 19.9. The van der Waals surface area contributed by atoms with Gasteiger partial charge >= 0.3 is 30.0 Å². The summed E-state index contributed by atoms with van der Waals surface area (Å²) >= 11 is 0. The van der Waals surface area contributed by atoms with Crippen LogP contribution < -0.4 is 5.32 Å². The van der Waals surface area contributed by atoms with Gasteiger partial charge in [-0.25, -0.2) is 14.4 Å². The van der Waals surface area contributed by atoms with Gasteiger partial charge in [-0.1, -0.05) is 88.6 Å². The molecule has 16 heteroatoms. The van der Waals surface area contributed by atoms with Gasteiger partial charge in [0, 0.05) is 31.6 Å². The third kappa shape index (κ3) is 9.38. The predicted molar refractivity (Wildman–Crippen MR) is 236 cm³/mol. The van der Waals surface area contributed by atoms with Gasteiger partial charge in [0.1, 0.15) is 41.7 Å². The Kier molecular flexibility index (Phi) is 14.6. The predicted octanol–water partition coefficient (Wildman–Crippen LogP) is 5.78. The van der Waals surface area contributed by atoms with Crippen LogP contribution in [0.4, 0.5) is 4.79 Å². The molecule has 2 aromatic rings. The fourth-order valence-electron chi connectivity index (χ4n) is 10.6. The van der Waals surface area contributed by atoms with Crippen LogP contribution in [0.3, 0.4) is 0 Å². The van der Waals surface area contributed by atoms with Crippen molar-refractivity contribution < 1.29 is 72.5 Å². The Hall–Kier alpha value is -5.16. The first-order chi connectivity index (χ1) is 30.9. The summed E-state index contributed by atoms with van der Waals surface area (Å²) in [6.45, 7) is 13.9. The van der Waals surface area contributed by atoms with Crippen molar-refractivity contribution in [3.8, 4) is 0 Å². The number of carbonyl (C=O) groups is 6. The Balaban J connectivity index is 1.51. The molecule has 0 unspecified atom stereocenters. The van der Waals surface area contributed by atoms with Crippen LogP contribution in [0.5, 0.6) is 0 Å². The number of alkyl carbamates (subject to hydrolysis) is 1. The van der Waals surface area contributed by atoms with E-state index in [4.69, 9.17) is 28.4 Å². The van der Waals surface area contributed by atoms with Crippen molar-refractivity contribution in [2.24, 2.45) is 16.7 Å². The Morgan fingerprint density at radius 2 is 1.56 bits per heavy atom. The summed E-state index contributed by atoms with van der Waals surface area (Å²) in [5.41, 5.74) is -8.31. The van der Waals surface area contributed by atoms with Gasteiger partial charge in [0.25, 0.3) is 0 Å². The first-order valence-electron chi connectivity index (χ1n) is 22.8. The van der Waals surface area contributed by atoms with E-state index in [0.717, 1.165) is 26.2 Å². The molecular formula is C50H65NO15. The van der Waals surface area contributed by atoms with Gasteiger partial charge in [0.2, 0.25) is 6.10 Å². The summed E-state index contributed by atoms with van der Waals surface area (Å²) in [5.74, 6) is -6.09. The zero-order chi connectivity index (χ0) is 48.6. The molecule has 4 aliphatic rings. The molecule has 0 aromatic heterocycles. The summed E-state index contributed by atoms with van der Waals surface area (Å²) in [6, 6.07) is 14.8. The molecule has 4 N–H and O–H groups in total. The molecule has 3 fully saturated rings. The van der Waals surface area contributed by atoms with Crippen molar-refractivity contribution in [3.05, 3.63) is 82.9 Å².